The third-order valence-electron chi connectivity index (χ3n) is 3.49. The Hall–Kier alpha value is -1.61. The summed E-state index contributed by atoms with van der Waals surface area (Å²) in [7, 11) is 0. The van der Waals surface area contributed by atoms with Crippen LogP contribution < -0.4 is 0 Å². The van der Waals surface area contributed by atoms with E-state index >= 15 is 0 Å². The molecule has 0 aliphatic carbocycles. The molecule has 0 unspecified atom stereocenters. The quantitative estimate of drug-likeness (QED) is 0.826. The van der Waals surface area contributed by atoms with E-state index < -0.39 is 0 Å². The van der Waals surface area contributed by atoms with Crippen LogP contribution in [0.1, 0.15) is 25.0 Å². The Bertz CT molecular complexity index is 574. The molecule has 2 aromatic carbocycles. The van der Waals surface area contributed by atoms with Crippen molar-refractivity contribution in [2.45, 2.75) is 24.2 Å². The van der Waals surface area contributed by atoms with Crippen LogP contribution in [0, 0.1) is 0 Å². The average molecular weight is 274 g/mol. The lowest BCUT2D eigenvalue weighted by molar-refractivity contribution is 0.461. The Kier molecular flexibility index (Phi) is 3.76. The van der Waals surface area contributed by atoms with Crippen molar-refractivity contribution in [3.63, 3.8) is 0 Å². The Morgan fingerprint density at radius 2 is 1.47 bits per heavy atom. The van der Waals surface area contributed by atoms with E-state index in [2.05, 4.69) is 13.8 Å². The van der Waals surface area contributed by atoms with Gasteiger partial charge in [-0.25, -0.2) is 0 Å². The molecule has 0 saturated carbocycles. The third-order valence-corrected chi connectivity index (χ3v) is 4.26. The molecular formula is C16H18O2S. The van der Waals surface area contributed by atoms with E-state index in [1.807, 2.05) is 30.5 Å². The maximum Gasteiger partial charge on any atom is 0.129 e. The molecule has 0 atom stereocenters. The molecule has 0 spiro atoms. The minimum absolute atomic E-state index is 0.175. The molecule has 19 heavy (non-hydrogen) atoms. The first-order valence-electron chi connectivity index (χ1n) is 6.12. The zero-order valence-electron chi connectivity index (χ0n) is 11.3. The Balaban J connectivity index is 2.46. The van der Waals surface area contributed by atoms with Gasteiger partial charge in [0.25, 0.3) is 0 Å². The summed E-state index contributed by atoms with van der Waals surface area (Å²) in [4.78, 5) is 0.879. The summed E-state index contributed by atoms with van der Waals surface area (Å²) < 4.78 is 0. The average Bonchev–Trinajstić information content (AvgIpc) is 2.39. The van der Waals surface area contributed by atoms with Gasteiger partial charge in [-0.05, 0) is 41.6 Å². The van der Waals surface area contributed by atoms with Crippen molar-refractivity contribution in [1.82, 2.24) is 0 Å². The van der Waals surface area contributed by atoms with Crippen molar-refractivity contribution in [1.29, 1.82) is 0 Å². The summed E-state index contributed by atoms with van der Waals surface area (Å²) in [6.45, 7) is 4.27. The van der Waals surface area contributed by atoms with Gasteiger partial charge in [0.2, 0.25) is 0 Å². The standard InChI is InChI=1S/C16H18O2S/c1-16(2,11-4-7-13(17)8-5-11)12-6-9-14(18)15(10-12)19-3/h4-10,17-18H,1-3H3. The van der Waals surface area contributed by atoms with Gasteiger partial charge in [-0.15, -0.1) is 11.8 Å². The van der Waals surface area contributed by atoms with Crippen LogP contribution in [0.15, 0.2) is 47.4 Å². The summed E-state index contributed by atoms with van der Waals surface area (Å²) >= 11 is 1.53. The molecule has 0 amide bonds. The number of thioether (sulfide) groups is 1. The predicted octanol–water partition coefficient (Wildman–Crippen LogP) is 4.15. The number of benzene rings is 2. The highest BCUT2D eigenvalue weighted by Crippen LogP contribution is 2.36. The number of hydrogen-bond donors (Lipinski definition) is 2. The van der Waals surface area contributed by atoms with E-state index in [4.69, 9.17) is 0 Å². The SMILES string of the molecule is CSc1cc(C(C)(C)c2ccc(O)cc2)ccc1O. The second-order valence-electron chi connectivity index (χ2n) is 5.06. The topological polar surface area (TPSA) is 40.5 Å². The summed E-state index contributed by atoms with van der Waals surface area (Å²) in [6.07, 6.45) is 1.95. The number of aromatic hydroxyl groups is 2. The maximum absolute atomic E-state index is 9.75. The lowest BCUT2D eigenvalue weighted by Gasteiger charge is -2.26. The van der Waals surface area contributed by atoms with Crippen molar-refractivity contribution in [2.24, 2.45) is 0 Å². The number of hydrogen-bond acceptors (Lipinski definition) is 3. The predicted molar refractivity (Wildman–Crippen MR) is 80.1 cm³/mol. The summed E-state index contributed by atoms with van der Waals surface area (Å²) in [5.74, 6) is 0.591. The monoisotopic (exact) mass is 274 g/mol. The highest BCUT2D eigenvalue weighted by atomic mass is 32.2. The molecule has 0 aliphatic rings. The van der Waals surface area contributed by atoms with Crippen LogP contribution in [0.4, 0.5) is 0 Å². The molecule has 3 heteroatoms. The van der Waals surface area contributed by atoms with Gasteiger partial charge in [0.15, 0.2) is 0 Å². The fourth-order valence-electron chi connectivity index (χ4n) is 2.11. The molecule has 2 aromatic rings. The normalized spacial score (nSPS) is 11.5. The van der Waals surface area contributed by atoms with Gasteiger partial charge >= 0.3 is 0 Å². The first kappa shape index (κ1) is 13.8. The summed E-state index contributed by atoms with van der Waals surface area (Å²) in [5.41, 5.74) is 2.09. The van der Waals surface area contributed by atoms with Crippen LogP contribution in [0.2, 0.25) is 0 Å². The smallest absolute Gasteiger partial charge is 0.129 e. The van der Waals surface area contributed by atoms with Crippen LogP contribution in [-0.4, -0.2) is 16.5 Å². The highest BCUT2D eigenvalue weighted by molar-refractivity contribution is 7.98. The zero-order valence-corrected chi connectivity index (χ0v) is 12.2. The molecule has 0 aliphatic heterocycles. The second kappa shape index (κ2) is 5.17. The molecule has 2 N–H and O–H groups in total. The molecule has 2 nitrogen and oxygen atoms in total. The van der Waals surface area contributed by atoms with Gasteiger partial charge in [0.05, 0.1) is 0 Å². The molecule has 0 bridgehead atoms. The van der Waals surface area contributed by atoms with Crippen molar-refractivity contribution in [3.8, 4) is 11.5 Å². The van der Waals surface area contributed by atoms with Crippen LogP contribution in [0.5, 0.6) is 11.5 Å². The summed E-state index contributed by atoms with van der Waals surface area (Å²) in [6, 6.07) is 13.0. The van der Waals surface area contributed by atoms with Crippen LogP contribution in [0.3, 0.4) is 0 Å². The first-order chi connectivity index (χ1) is 8.95. The Labute approximate surface area is 118 Å². The second-order valence-corrected chi connectivity index (χ2v) is 5.91. The molecule has 0 aromatic heterocycles. The zero-order chi connectivity index (χ0) is 14.0. The fourth-order valence-corrected chi connectivity index (χ4v) is 2.63. The van der Waals surface area contributed by atoms with Gasteiger partial charge in [-0.1, -0.05) is 32.0 Å². The van der Waals surface area contributed by atoms with Crippen molar-refractivity contribution < 1.29 is 10.2 Å². The van der Waals surface area contributed by atoms with E-state index in [1.165, 1.54) is 11.8 Å². The maximum atomic E-state index is 9.75. The van der Waals surface area contributed by atoms with Crippen molar-refractivity contribution in [2.75, 3.05) is 6.26 Å². The first-order valence-corrected chi connectivity index (χ1v) is 7.34. The Morgan fingerprint density at radius 1 is 0.895 bits per heavy atom. The van der Waals surface area contributed by atoms with E-state index in [-0.39, 0.29) is 11.2 Å². The minimum atomic E-state index is -0.175. The van der Waals surface area contributed by atoms with Crippen LogP contribution >= 0.6 is 11.8 Å². The molecule has 100 valence electrons. The number of phenols is 2. The highest BCUT2D eigenvalue weighted by Gasteiger charge is 2.23. The van der Waals surface area contributed by atoms with Gasteiger partial charge < -0.3 is 10.2 Å². The minimum Gasteiger partial charge on any atom is -0.508 e. The van der Waals surface area contributed by atoms with E-state index in [0.29, 0.717) is 5.75 Å². The van der Waals surface area contributed by atoms with E-state index in [1.54, 1.807) is 18.2 Å². The van der Waals surface area contributed by atoms with Gasteiger partial charge in [-0.2, -0.15) is 0 Å². The molecule has 0 radical (unpaired) electrons. The van der Waals surface area contributed by atoms with E-state index in [0.717, 1.165) is 16.0 Å². The van der Waals surface area contributed by atoms with E-state index in [9.17, 15) is 10.2 Å². The lowest BCUT2D eigenvalue weighted by atomic mass is 9.78. The summed E-state index contributed by atoms with van der Waals surface area (Å²) in [5, 5.41) is 19.1. The third kappa shape index (κ3) is 2.71. The molecular weight excluding hydrogens is 256 g/mol. The van der Waals surface area contributed by atoms with Gasteiger partial charge in [0, 0.05) is 10.3 Å². The van der Waals surface area contributed by atoms with Crippen molar-refractivity contribution >= 4 is 11.8 Å². The molecule has 0 heterocycles. The van der Waals surface area contributed by atoms with Gasteiger partial charge in [-0.3, -0.25) is 0 Å². The lowest BCUT2D eigenvalue weighted by Crippen LogP contribution is -2.18. The number of phenolic OH excluding ortho intramolecular Hbond substituents is 2. The largest absolute Gasteiger partial charge is 0.508 e. The van der Waals surface area contributed by atoms with Gasteiger partial charge in [0.1, 0.15) is 11.5 Å². The van der Waals surface area contributed by atoms with Crippen LogP contribution in [0.25, 0.3) is 0 Å². The number of rotatable bonds is 3. The fraction of sp³-hybridized carbons (Fsp3) is 0.250. The molecule has 2 rings (SSSR count). The van der Waals surface area contributed by atoms with Crippen molar-refractivity contribution in [3.05, 3.63) is 53.6 Å². The molecule has 0 fully saturated rings. The molecule has 0 saturated heterocycles. The van der Waals surface area contributed by atoms with Crippen LogP contribution in [-0.2, 0) is 5.41 Å². The Morgan fingerprint density at radius 3 is 2.05 bits per heavy atom.